The molecule has 8 rings (SSSR count). The molecule has 0 bridgehead atoms. The lowest BCUT2D eigenvalue weighted by Crippen LogP contribution is -2.53. The quantitative estimate of drug-likeness (QED) is 0.0316. The third-order valence-corrected chi connectivity index (χ3v) is 14.5. The molecule has 0 unspecified atom stereocenters. The zero-order valence-electron chi connectivity index (χ0n) is 47.0. The first kappa shape index (κ1) is 59.2. The minimum Gasteiger partial charge on any atom is -0.339 e. The van der Waals surface area contributed by atoms with Gasteiger partial charge in [-0.3, -0.25) is 30.0 Å². The van der Waals surface area contributed by atoms with E-state index in [-0.39, 0.29) is 23.6 Å². The molecule has 0 aromatic heterocycles. The molecule has 0 saturated heterocycles. The van der Waals surface area contributed by atoms with Crippen LogP contribution >= 0.6 is 0 Å². The Bertz CT molecular complexity index is 2680. The van der Waals surface area contributed by atoms with Gasteiger partial charge in [0.05, 0.1) is 0 Å². The predicted octanol–water partition coefficient (Wildman–Crippen LogP) is 13.9. The molecule has 8 aromatic rings. The zero-order chi connectivity index (χ0) is 56.4. The Balaban J connectivity index is 0.000000231. The highest BCUT2D eigenvalue weighted by atomic mass is 16.2. The molecule has 0 aliphatic carbocycles. The van der Waals surface area contributed by atoms with E-state index in [1.807, 2.05) is 119 Å². The highest BCUT2D eigenvalue weighted by Crippen LogP contribution is 2.38. The molecule has 0 atom stereocenters. The van der Waals surface area contributed by atoms with Gasteiger partial charge in [-0.15, -0.1) is 0 Å². The third kappa shape index (κ3) is 15.0. The van der Waals surface area contributed by atoms with Crippen LogP contribution in [0.15, 0.2) is 231 Å². The number of carbonyl (C=O) groups is 4. The van der Waals surface area contributed by atoms with Gasteiger partial charge in [0.25, 0.3) is 23.6 Å². The van der Waals surface area contributed by atoms with Gasteiger partial charge in [0.2, 0.25) is 0 Å². The fourth-order valence-corrected chi connectivity index (χ4v) is 9.93. The molecule has 0 heterocycles. The summed E-state index contributed by atoms with van der Waals surface area (Å²) >= 11 is 0. The lowest BCUT2D eigenvalue weighted by atomic mass is 9.77. The van der Waals surface area contributed by atoms with Crippen molar-refractivity contribution in [2.24, 2.45) is 0 Å². The van der Waals surface area contributed by atoms with E-state index >= 15 is 0 Å². The van der Waals surface area contributed by atoms with Gasteiger partial charge in [0, 0.05) is 48.4 Å². The molecular weight excluding hydrogens is 989 g/mol. The van der Waals surface area contributed by atoms with Crippen LogP contribution in [-0.4, -0.2) is 59.6 Å². The summed E-state index contributed by atoms with van der Waals surface area (Å²) < 4.78 is 0. The van der Waals surface area contributed by atoms with Gasteiger partial charge in [0.1, 0.15) is 11.1 Å². The van der Waals surface area contributed by atoms with E-state index in [1.165, 1.54) is 0 Å². The van der Waals surface area contributed by atoms with E-state index in [1.54, 1.807) is 48.5 Å². The Morgan fingerprint density at radius 1 is 0.300 bits per heavy atom. The van der Waals surface area contributed by atoms with E-state index in [0.717, 1.165) is 111 Å². The van der Waals surface area contributed by atoms with Crippen molar-refractivity contribution in [3.05, 3.63) is 286 Å². The molecule has 0 radical (unpaired) electrons. The van der Waals surface area contributed by atoms with Gasteiger partial charge in [-0.2, -0.15) is 0 Å². The number of amides is 4. The second-order valence-electron chi connectivity index (χ2n) is 20.0. The van der Waals surface area contributed by atoms with Crippen LogP contribution in [0.25, 0.3) is 0 Å². The largest absolute Gasteiger partial charge is 0.339 e. The second-order valence-corrected chi connectivity index (χ2v) is 20.0. The van der Waals surface area contributed by atoms with E-state index < -0.39 is 11.1 Å². The molecule has 10 heteroatoms. The molecule has 8 aromatic carbocycles. The lowest BCUT2D eigenvalue weighted by Gasteiger charge is -2.37. The van der Waals surface area contributed by atoms with E-state index in [4.69, 9.17) is 0 Å². The minimum atomic E-state index is -0.825. The highest BCUT2D eigenvalue weighted by Gasteiger charge is 2.38. The highest BCUT2D eigenvalue weighted by molar-refractivity contribution is 5.98. The summed E-state index contributed by atoms with van der Waals surface area (Å²) in [5, 5.41) is 0. The maximum atomic E-state index is 13.4. The summed E-state index contributed by atoms with van der Waals surface area (Å²) in [7, 11) is 0. The second kappa shape index (κ2) is 30.6. The Hall–Kier alpha value is -8.44. The number of rotatable bonds is 26. The van der Waals surface area contributed by atoms with Crippen LogP contribution in [0.2, 0.25) is 0 Å². The predicted molar refractivity (Wildman–Crippen MR) is 324 cm³/mol. The fourth-order valence-electron chi connectivity index (χ4n) is 9.93. The summed E-state index contributed by atoms with van der Waals surface area (Å²) in [6.07, 6.45) is 8.08. The Labute approximate surface area is 474 Å². The monoisotopic (exact) mass is 1070 g/mol. The van der Waals surface area contributed by atoms with Crippen molar-refractivity contribution < 1.29 is 19.2 Å². The van der Waals surface area contributed by atoms with Gasteiger partial charge in [-0.1, -0.05) is 235 Å². The number of carbonyl (C=O) groups excluding carboxylic acids is 4. The van der Waals surface area contributed by atoms with Crippen molar-refractivity contribution in [1.29, 1.82) is 0 Å². The summed E-state index contributed by atoms with van der Waals surface area (Å²) in [6, 6.07) is 74.5. The van der Waals surface area contributed by atoms with Crippen molar-refractivity contribution in [3.8, 4) is 0 Å². The molecule has 0 fully saturated rings. The molecule has 4 amide bonds. The Morgan fingerprint density at radius 2 is 0.500 bits per heavy atom. The van der Waals surface area contributed by atoms with Crippen molar-refractivity contribution in [2.45, 2.75) is 90.1 Å². The summed E-state index contributed by atoms with van der Waals surface area (Å²) in [6.45, 7) is 11.5. The number of unbranched alkanes of at least 4 members (excludes halogenated alkanes) is 4. The number of nitrogens with one attached hydrogen (secondary N) is 4. The number of hydrogen-bond donors (Lipinski definition) is 4. The van der Waals surface area contributed by atoms with Crippen molar-refractivity contribution in [2.75, 3.05) is 26.2 Å². The number of hydrazine groups is 2. The number of benzene rings is 8. The van der Waals surface area contributed by atoms with Crippen LogP contribution in [0.3, 0.4) is 0 Å². The normalized spacial score (nSPS) is 11.2. The summed E-state index contributed by atoms with van der Waals surface area (Å²) in [4.78, 5) is 57.0. The van der Waals surface area contributed by atoms with Gasteiger partial charge >= 0.3 is 0 Å². The first-order chi connectivity index (χ1) is 39.2. The molecule has 0 aliphatic rings. The van der Waals surface area contributed by atoms with Gasteiger partial charge < -0.3 is 9.80 Å². The number of hydrogen-bond acceptors (Lipinski definition) is 6. The van der Waals surface area contributed by atoms with Gasteiger partial charge in [-0.05, 0) is 108 Å². The van der Waals surface area contributed by atoms with Gasteiger partial charge in [-0.25, -0.2) is 10.9 Å². The van der Waals surface area contributed by atoms with Crippen LogP contribution < -0.4 is 21.7 Å². The van der Waals surface area contributed by atoms with Crippen molar-refractivity contribution >= 4 is 23.6 Å². The van der Waals surface area contributed by atoms with Crippen LogP contribution in [0, 0.1) is 0 Å². The van der Waals surface area contributed by atoms with E-state index in [0.29, 0.717) is 22.3 Å². The van der Waals surface area contributed by atoms with Crippen LogP contribution in [-0.2, 0) is 11.1 Å². The van der Waals surface area contributed by atoms with Crippen molar-refractivity contribution in [1.82, 2.24) is 31.5 Å². The molecule has 0 spiro atoms. The Morgan fingerprint density at radius 3 is 0.700 bits per heavy atom. The molecule has 4 N–H and O–H groups in total. The smallest absolute Gasteiger partial charge is 0.265 e. The molecular formula is C70H78N6O4. The van der Waals surface area contributed by atoms with Gasteiger partial charge in [0.15, 0.2) is 0 Å². The minimum absolute atomic E-state index is 0.0169. The summed E-state index contributed by atoms with van der Waals surface area (Å²) in [5.41, 5.74) is 19.2. The van der Waals surface area contributed by atoms with E-state index in [9.17, 15) is 19.2 Å². The standard InChI is InChI=1S/2C35H39N3O2/c2*1-3-5-26-38(27-6-4-2)34(40)29-24-22-28(23-25-29)33(39)36-37-35(30-16-10-7-11-17-30,31-18-12-8-13-19-31)32-20-14-9-15-21-32/h2*7-25,37H,3-6,26-27H2,1-2H3,(H,36,39). The SMILES string of the molecule is CCCCN(CCCC)C(=O)c1ccc(C(=O)NNC(c2ccccc2)(c2ccccc2)c2ccccc2)cc1.CCCCN(CCCC)C(=O)c1ccc(C(=O)NNC(c2ccccc2)(c2ccccc2)c2ccccc2)cc1. The molecule has 0 saturated carbocycles. The number of nitrogens with zero attached hydrogens (tertiary/aromatic N) is 2. The van der Waals surface area contributed by atoms with Crippen LogP contribution in [0.4, 0.5) is 0 Å². The van der Waals surface area contributed by atoms with Crippen LogP contribution in [0.1, 0.15) is 154 Å². The molecule has 0 aliphatic heterocycles. The summed E-state index contributed by atoms with van der Waals surface area (Å²) in [5.74, 6) is -0.522. The fraction of sp³-hybridized carbons (Fsp3) is 0.257. The maximum Gasteiger partial charge on any atom is 0.265 e. The first-order valence-corrected chi connectivity index (χ1v) is 28.5. The molecule has 80 heavy (non-hydrogen) atoms. The van der Waals surface area contributed by atoms with E-state index in [2.05, 4.69) is 122 Å². The lowest BCUT2D eigenvalue weighted by molar-refractivity contribution is 0.0743. The third-order valence-electron chi connectivity index (χ3n) is 14.5. The zero-order valence-corrected chi connectivity index (χ0v) is 47.0. The Kier molecular flexibility index (Phi) is 22.7. The van der Waals surface area contributed by atoms with Crippen molar-refractivity contribution in [3.63, 3.8) is 0 Å². The van der Waals surface area contributed by atoms with Crippen LogP contribution in [0.5, 0.6) is 0 Å². The molecule has 10 nitrogen and oxygen atoms in total. The average Bonchev–Trinajstić information content (AvgIpc) is 3.53. The first-order valence-electron chi connectivity index (χ1n) is 28.5. The average molecular weight is 1070 g/mol. The maximum absolute atomic E-state index is 13.4. The molecule has 412 valence electrons. The topological polar surface area (TPSA) is 123 Å².